The van der Waals surface area contributed by atoms with Gasteiger partial charge in [0.1, 0.15) is 13.2 Å². The van der Waals surface area contributed by atoms with Gasteiger partial charge in [0.05, 0.1) is 50.5 Å². The quantitative estimate of drug-likeness (QED) is 0.0352. The third kappa shape index (κ3) is 26.7. The molecule has 0 aliphatic heterocycles. The zero-order chi connectivity index (χ0) is 36.5. The van der Waals surface area contributed by atoms with Crippen LogP contribution in [0.4, 0.5) is 0 Å². The Bertz CT molecular complexity index is 797. The largest absolute Gasteiger partial charge is 0.481 e. The molecule has 49 heavy (non-hydrogen) atoms. The number of carboxylic acid groups (broad SMARTS) is 1. The number of unbranched alkanes of at least 4 members (excludes halogenated alkanes) is 19. The fourth-order valence-electron chi connectivity index (χ4n) is 5.54. The van der Waals surface area contributed by atoms with E-state index in [0.717, 1.165) is 19.3 Å². The van der Waals surface area contributed by atoms with Crippen molar-refractivity contribution in [2.75, 3.05) is 52.9 Å². The van der Waals surface area contributed by atoms with Gasteiger partial charge in [0.25, 0.3) is 0 Å². The van der Waals surface area contributed by atoms with E-state index in [-0.39, 0.29) is 45.7 Å². The van der Waals surface area contributed by atoms with E-state index in [0.29, 0.717) is 19.3 Å². The number of hydrogen-bond donors (Lipinski definition) is 5. The number of aliphatic hydroxyl groups excluding tert-OH is 4. The van der Waals surface area contributed by atoms with Gasteiger partial charge >= 0.3 is 17.9 Å². The predicted molar refractivity (Wildman–Crippen MR) is 190 cm³/mol. The molecule has 0 heterocycles. The molecule has 0 aromatic carbocycles. The number of hydrogen-bond acceptors (Lipinski definition) is 10. The van der Waals surface area contributed by atoms with Crippen molar-refractivity contribution in [1.82, 2.24) is 0 Å². The van der Waals surface area contributed by atoms with Crippen LogP contribution in [0.25, 0.3) is 0 Å². The lowest BCUT2D eigenvalue weighted by atomic mass is 9.90. The molecule has 0 unspecified atom stereocenters. The molecular formula is C38H72O11. The summed E-state index contributed by atoms with van der Waals surface area (Å²) >= 11 is 0. The van der Waals surface area contributed by atoms with E-state index in [1.165, 1.54) is 96.3 Å². The van der Waals surface area contributed by atoms with E-state index < -0.39 is 55.2 Å². The maximum Gasteiger partial charge on any atom is 0.305 e. The maximum atomic E-state index is 12.3. The zero-order valence-electron chi connectivity index (χ0n) is 30.8. The van der Waals surface area contributed by atoms with Crippen LogP contribution >= 0.6 is 0 Å². The fraction of sp³-hybridized carbons (Fsp3) is 0.921. The third-order valence-electron chi connectivity index (χ3n) is 9.24. The van der Waals surface area contributed by atoms with Gasteiger partial charge in [-0.05, 0) is 19.3 Å². The van der Waals surface area contributed by atoms with Crippen molar-refractivity contribution in [3.8, 4) is 0 Å². The Balaban J connectivity index is 4.05. The summed E-state index contributed by atoms with van der Waals surface area (Å²) in [7, 11) is 0. The molecular weight excluding hydrogens is 632 g/mol. The molecule has 0 atom stereocenters. The van der Waals surface area contributed by atoms with Crippen LogP contribution in [0.3, 0.4) is 0 Å². The van der Waals surface area contributed by atoms with Gasteiger partial charge in [-0.3, -0.25) is 14.4 Å². The SMILES string of the molecule is CCCCCCCCCCCCCCCCCCCCCC(=O)OCC(CO)(CO)COCC(CO)(CO)COC(=O)CCCCC(=O)O. The number of ether oxygens (including phenoxy) is 3. The van der Waals surface area contributed by atoms with Crippen LogP contribution in [-0.4, -0.2) is 96.3 Å². The minimum absolute atomic E-state index is 0.00408. The first-order chi connectivity index (χ1) is 23.7. The summed E-state index contributed by atoms with van der Waals surface area (Å²) < 4.78 is 16.2. The molecule has 11 heteroatoms. The van der Waals surface area contributed by atoms with Gasteiger partial charge in [0, 0.05) is 19.3 Å². The van der Waals surface area contributed by atoms with Crippen LogP contribution in [0.15, 0.2) is 0 Å². The normalized spacial score (nSPS) is 11.9. The lowest BCUT2D eigenvalue weighted by molar-refractivity contribution is -0.158. The number of aliphatic hydroxyl groups is 4. The molecule has 0 bridgehead atoms. The Kier molecular flexibility index (Phi) is 31.0. The molecule has 0 radical (unpaired) electrons. The number of carbonyl (C=O) groups is 3. The van der Waals surface area contributed by atoms with Gasteiger partial charge in [0.15, 0.2) is 0 Å². The van der Waals surface area contributed by atoms with Crippen LogP contribution < -0.4 is 0 Å². The summed E-state index contributed by atoms with van der Waals surface area (Å²) in [6, 6.07) is 0. The van der Waals surface area contributed by atoms with Gasteiger partial charge in [-0.15, -0.1) is 0 Å². The first-order valence-corrected chi connectivity index (χ1v) is 19.3. The third-order valence-corrected chi connectivity index (χ3v) is 9.24. The lowest BCUT2D eigenvalue weighted by Gasteiger charge is -2.33. The molecule has 0 saturated heterocycles. The van der Waals surface area contributed by atoms with Crippen LogP contribution in [0.2, 0.25) is 0 Å². The van der Waals surface area contributed by atoms with Crippen LogP contribution in [-0.2, 0) is 28.6 Å². The van der Waals surface area contributed by atoms with E-state index in [4.69, 9.17) is 19.3 Å². The average Bonchev–Trinajstić information content (AvgIpc) is 3.10. The molecule has 0 fully saturated rings. The topological polar surface area (TPSA) is 180 Å². The summed E-state index contributed by atoms with van der Waals surface area (Å²) in [6.07, 6.45) is 25.1. The molecule has 0 amide bonds. The Morgan fingerprint density at radius 3 is 1.02 bits per heavy atom. The van der Waals surface area contributed by atoms with E-state index in [2.05, 4.69) is 6.92 Å². The molecule has 0 aromatic rings. The van der Waals surface area contributed by atoms with Gasteiger partial charge in [-0.25, -0.2) is 0 Å². The number of esters is 2. The van der Waals surface area contributed by atoms with E-state index in [1.807, 2.05) is 0 Å². The number of carbonyl (C=O) groups excluding carboxylic acids is 2. The highest BCUT2D eigenvalue weighted by Gasteiger charge is 2.35. The smallest absolute Gasteiger partial charge is 0.305 e. The number of aliphatic carboxylic acids is 1. The van der Waals surface area contributed by atoms with E-state index in [1.54, 1.807) is 0 Å². The molecule has 0 spiro atoms. The summed E-state index contributed by atoms with van der Waals surface area (Å²) in [5.41, 5.74) is -2.60. The van der Waals surface area contributed by atoms with Gasteiger partial charge in [0.2, 0.25) is 0 Å². The van der Waals surface area contributed by atoms with Crippen molar-refractivity contribution in [2.45, 2.75) is 161 Å². The fourth-order valence-corrected chi connectivity index (χ4v) is 5.54. The monoisotopic (exact) mass is 705 g/mol. The number of carboxylic acids is 1. The first kappa shape index (κ1) is 47.2. The molecule has 0 aromatic heterocycles. The van der Waals surface area contributed by atoms with Crippen molar-refractivity contribution < 1.29 is 54.1 Å². The maximum absolute atomic E-state index is 12.3. The Morgan fingerprint density at radius 2 is 0.714 bits per heavy atom. The zero-order valence-corrected chi connectivity index (χ0v) is 30.8. The standard InChI is InChI=1S/C38H72O11/c1-2-3-4-5-6-7-8-9-10-11-12-13-14-15-16-17-18-19-20-24-35(45)48-32-37(26-39,27-40)30-47-31-38(28-41,29-42)33-49-36(46)25-22-21-23-34(43)44/h39-42H,2-33H2,1H3,(H,43,44). The van der Waals surface area contributed by atoms with Gasteiger partial charge in [-0.2, -0.15) is 0 Å². The molecule has 290 valence electrons. The van der Waals surface area contributed by atoms with Crippen molar-refractivity contribution >= 4 is 17.9 Å². The second-order valence-electron chi connectivity index (χ2n) is 14.2. The summed E-state index contributed by atoms with van der Waals surface area (Å²) in [5.74, 6) is -1.94. The number of rotatable bonds is 37. The Morgan fingerprint density at radius 1 is 0.429 bits per heavy atom. The van der Waals surface area contributed by atoms with Crippen LogP contribution in [0, 0.1) is 10.8 Å². The molecule has 0 rings (SSSR count). The Hall–Kier alpha value is -1.79. The molecule has 5 N–H and O–H groups in total. The van der Waals surface area contributed by atoms with E-state index >= 15 is 0 Å². The van der Waals surface area contributed by atoms with Crippen LogP contribution in [0.5, 0.6) is 0 Å². The van der Waals surface area contributed by atoms with Crippen molar-refractivity contribution in [3.05, 3.63) is 0 Å². The first-order valence-electron chi connectivity index (χ1n) is 19.3. The lowest BCUT2D eigenvalue weighted by Crippen LogP contribution is -2.44. The van der Waals surface area contributed by atoms with E-state index in [9.17, 15) is 34.8 Å². The summed E-state index contributed by atoms with van der Waals surface area (Å²) in [4.78, 5) is 34.9. The van der Waals surface area contributed by atoms with Gasteiger partial charge in [-0.1, -0.05) is 122 Å². The summed E-state index contributed by atoms with van der Waals surface area (Å²) in [5, 5.41) is 48.3. The highest BCUT2D eigenvalue weighted by molar-refractivity contribution is 5.70. The molecule has 0 aliphatic carbocycles. The predicted octanol–water partition coefficient (Wildman–Crippen LogP) is 6.50. The molecule has 0 saturated carbocycles. The molecule has 0 aliphatic rings. The van der Waals surface area contributed by atoms with Crippen molar-refractivity contribution in [3.63, 3.8) is 0 Å². The van der Waals surface area contributed by atoms with Crippen LogP contribution in [0.1, 0.15) is 161 Å². The highest BCUT2D eigenvalue weighted by atomic mass is 16.5. The second kappa shape index (κ2) is 32.1. The van der Waals surface area contributed by atoms with Crippen molar-refractivity contribution in [2.24, 2.45) is 10.8 Å². The second-order valence-corrected chi connectivity index (χ2v) is 14.2. The minimum Gasteiger partial charge on any atom is -0.481 e. The van der Waals surface area contributed by atoms with Crippen molar-refractivity contribution in [1.29, 1.82) is 0 Å². The molecule has 11 nitrogen and oxygen atoms in total. The van der Waals surface area contributed by atoms with Gasteiger partial charge < -0.3 is 39.7 Å². The highest BCUT2D eigenvalue weighted by Crippen LogP contribution is 2.23. The Labute approximate surface area is 296 Å². The average molecular weight is 705 g/mol. The summed E-state index contributed by atoms with van der Waals surface area (Å²) in [6.45, 7) is -0.964. The minimum atomic E-state index is -1.32.